The third-order valence-corrected chi connectivity index (χ3v) is 6.47. The lowest BCUT2D eigenvalue weighted by Gasteiger charge is -2.20. The van der Waals surface area contributed by atoms with Gasteiger partial charge in [0.15, 0.2) is 11.0 Å². The van der Waals surface area contributed by atoms with Gasteiger partial charge in [0.25, 0.3) is 0 Å². The van der Waals surface area contributed by atoms with Crippen LogP contribution in [0.25, 0.3) is 17.1 Å². The number of pyridine rings is 1. The first kappa shape index (κ1) is 23.7. The van der Waals surface area contributed by atoms with Gasteiger partial charge < -0.3 is 5.32 Å². The van der Waals surface area contributed by atoms with Gasteiger partial charge >= 0.3 is 0 Å². The smallest absolute Gasteiger partial charge is 0.234 e. The van der Waals surface area contributed by atoms with E-state index in [-0.39, 0.29) is 11.7 Å². The summed E-state index contributed by atoms with van der Waals surface area (Å²) in [6.07, 6.45) is 3.49. The first-order valence-electron chi connectivity index (χ1n) is 11.4. The molecule has 0 aliphatic rings. The van der Waals surface area contributed by atoms with E-state index < -0.39 is 0 Å². The van der Waals surface area contributed by atoms with Gasteiger partial charge in [0.2, 0.25) is 5.91 Å². The van der Waals surface area contributed by atoms with Crippen LogP contribution in [0.2, 0.25) is 0 Å². The number of aromatic nitrogens is 4. The molecular weight excluding hydrogens is 442 g/mol. The average molecular weight is 472 g/mol. The summed E-state index contributed by atoms with van der Waals surface area (Å²) in [5, 5.41) is 12.7. The van der Waals surface area contributed by atoms with Gasteiger partial charge in [-0.05, 0) is 47.2 Å². The fourth-order valence-electron chi connectivity index (χ4n) is 3.86. The largest absolute Gasteiger partial charge is 0.325 e. The predicted octanol–water partition coefficient (Wildman–Crippen LogP) is 6.31. The molecule has 1 N–H and O–H groups in total. The number of hydrogen-bond acceptors (Lipinski definition) is 5. The Kier molecular flexibility index (Phi) is 7.43. The van der Waals surface area contributed by atoms with Crippen LogP contribution in [0.5, 0.6) is 0 Å². The number of nitrogens with one attached hydrogen (secondary N) is 1. The lowest BCUT2D eigenvalue weighted by Crippen LogP contribution is -2.18. The van der Waals surface area contributed by atoms with Gasteiger partial charge in [-0.2, -0.15) is 0 Å². The van der Waals surface area contributed by atoms with Gasteiger partial charge in [-0.1, -0.05) is 75.9 Å². The molecule has 0 bridgehead atoms. The molecule has 6 nitrogen and oxygen atoms in total. The number of rotatable bonds is 8. The zero-order chi connectivity index (χ0) is 24.1. The Morgan fingerprint density at radius 1 is 0.912 bits per heavy atom. The molecule has 0 aliphatic carbocycles. The van der Waals surface area contributed by atoms with E-state index in [2.05, 4.69) is 66.4 Å². The maximum atomic E-state index is 13.1. The van der Waals surface area contributed by atoms with Crippen molar-refractivity contribution in [2.75, 3.05) is 11.1 Å². The number of thioether (sulfide) groups is 1. The number of carbonyl (C=O) groups excluding carboxylic acids is 1. The lowest BCUT2D eigenvalue weighted by molar-refractivity contribution is -0.113. The standard InChI is InChI=1S/C27H29N5OS/c1-18(2)22-13-8-14-23(19(3)4)25(22)29-24(33)17-34-27-31-30-26(20-10-9-15-28-16-20)32(27)21-11-6-5-7-12-21/h5-16,18-19H,17H2,1-4H3,(H,29,33). The maximum Gasteiger partial charge on any atom is 0.234 e. The SMILES string of the molecule is CC(C)c1cccc(C(C)C)c1NC(=O)CSc1nnc(-c2cccnc2)n1-c1ccccc1. The van der Waals surface area contributed by atoms with Crippen LogP contribution in [0, 0.1) is 0 Å². The number of hydrogen-bond donors (Lipinski definition) is 1. The Balaban J connectivity index is 1.60. The van der Waals surface area contributed by atoms with E-state index in [1.54, 1.807) is 12.4 Å². The van der Waals surface area contributed by atoms with E-state index in [0.717, 1.165) is 28.1 Å². The summed E-state index contributed by atoms with van der Waals surface area (Å²) in [4.78, 5) is 17.3. The molecule has 4 rings (SSSR count). The summed E-state index contributed by atoms with van der Waals surface area (Å²) in [5.74, 6) is 1.47. The molecule has 0 radical (unpaired) electrons. The zero-order valence-electron chi connectivity index (χ0n) is 19.9. The van der Waals surface area contributed by atoms with Crippen LogP contribution in [0.4, 0.5) is 5.69 Å². The average Bonchev–Trinajstić information content (AvgIpc) is 3.27. The van der Waals surface area contributed by atoms with Gasteiger partial charge in [0.1, 0.15) is 0 Å². The van der Waals surface area contributed by atoms with E-state index in [1.807, 2.05) is 47.0 Å². The minimum atomic E-state index is -0.0643. The number of carbonyl (C=O) groups is 1. The third kappa shape index (κ3) is 5.20. The van der Waals surface area contributed by atoms with E-state index in [9.17, 15) is 4.79 Å². The number of nitrogens with zero attached hydrogens (tertiary/aromatic N) is 4. The molecule has 0 unspecified atom stereocenters. The van der Waals surface area contributed by atoms with Gasteiger partial charge in [0.05, 0.1) is 5.75 Å². The molecule has 0 aliphatic heterocycles. The van der Waals surface area contributed by atoms with Crippen molar-refractivity contribution in [3.8, 4) is 17.1 Å². The molecule has 2 aromatic heterocycles. The highest BCUT2D eigenvalue weighted by atomic mass is 32.2. The monoisotopic (exact) mass is 471 g/mol. The number of para-hydroxylation sites is 2. The first-order chi connectivity index (χ1) is 16.5. The number of benzene rings is 2. The zero-order valence-corrected chi connectivity index (χ0v) is 20.7. The maximum absolute atomic E-state index is 13.1. The molecular formula is C27H29N5OS. The molecule has 0 atom stereocenters. The van der Waals surface area contributed by atoms with Crippen LogP contribution < -0.4 is 5.32 Å². The van der Waals surface area contributed by atoms with Gasteiger partial charge in [0, 0.05) is 29.3 Å². The van der Waals surface area contributed by atoms with Gasteiger partial charge in [-0.3, -0.25) is 14.3 Å². The second kappa shape index (κ2) is 10.7. The van der Waals surface area contributed by atoms with Crippen molar-refractivity contribution in [3.05, 3.63) is 84.2 Å². The summed E-state index contributed by atoms with van der Waals surface area (Å²) >= 11 is 1.37. The van der Waals surface area contributed by atoms with Crippen molar-refractivity contribution in [1.82, 2.24) is 19.7 Å². The Morgan fingerprint density at radius 2 is 1.62 bits per heavy atom. The third-order valence-electron chi connectivity index (χ3n) is 5.54. The minimum absolute atomic E-state index is 0.0643. The molecule has 1 amide bonds. The van der Waals surface area contributed by atoms with E-state index >= 15 is 0 Å². The van der Waals surface area contributed by atoms with Crippen molar-refractivity contribution in [2.24, 2.45) is 0 Å². The van der Waals surface area contributed by atoms with Gasteiger partial charge in [-0.25, -0.2) is 0 Å². The molecule has 0 fully saturated rings. The molecule has 34 heavy (non-hydrogen) atoms. The Labute approximate surface area is 204 Å². The number of amides is 1. The molecule has 2 heterocycles. The number of anilines is 1. The second-order valence-electron chi connectivity index (χ2n) is 8.68. The Bertz CT molecular complexity index is 1230. The molecule has 0 saturated heterocycles. The second-order valence-corrected chi connectivity index (χ2v) is 9.62. The highest BCUT2D eigenvalue weighted by molar-refractivity contribution is 7.99. The van der Waals surface area contributed by atoms with Crippen LogP contribution in [0.1, 0.15) is 50.7 Å². The summed E-state index contributed by atoms with van der Waals surface area (Å²) in [5.41, 5.74) is 5.02. The fraction of sp³-hybridized carbons (Fsp3) is 0.259. The predicted molar refractivity (Wildman–Crippen MR) is 139 cm³/mol. The van der Waals surface area contributed by atoms with Crippen LogP contribution in [0.15, 0.2) is 78.2 Å². The molecule has 4 aromatic rings. The molecule has 174 valence electrons. The topological polar surface area (TPSA) is 72.7 Å². The Morgan fingerprint density at radius 3 is 2.24 bits per heavy atom. The van der Waals surface area contributed by atoms with Crippen molar-refractivity contribution in [2.45, 2.75) is 44.7 Å². The van der Waals surface area contributed by atoms with Crippen LogP contribution in [0.3, 0.4) is 0 Å². The summed E-state index contributed by atoms with van der Waals surface area (Å²) in [7, 11) is 0. The van der Waals surface area contributed by atoms with Crippen molar-refractivity contribution in [1.29, 1.82) is 0 Å². The summed E-state index contributed by atoms with van der Waals surface area (Å²) in [6.45, 7) is 8.58. The molecule has 0 spiro atoms. The molecule has 0 saturated carbocycles. The van der Waals surface area contributed by atoms with Crippen LogP contribution >= 0.6 is 11.8 Å². The fourth-order valence-corrected chi connectivity index (χ4v) is 4.61. The highest BCUT2D eigenvalue weighted by Gasteiger charge is 2.19. The Hall–Kier alpha value is -3.45. The van der Waals surface area contributed by atoms with Crippen LogP contribution in [-0.2, 0) is 4.79 Å². The van der Waals surface area contributed by atoms with Crippen molar-refractivity contribution in [3.63, 3.8) is 0 Å². The quantitative estimate of drug-likeness (QED) is 0.305. The highest BCUT2D eigenvalue weighted by Crippen LogP contribution is 2.33. The summed E-state index contributed by atoms with van der Waals surface area (Å²) in [6, 6.07) is 20.0. The lowest BCUT2D eigenvalue weighted by atomic mass is 9.92. The van der Waals surface area contributed by atoms with E-state index in [1.165, 1.54) is 11.8 Å². The first-order valence-corrected chi connectivity index (χ1v) is 12.4. The van der Waals surface area contributed by atoms with E-state index in [4.69, 9.17) is 0 Å². The van der Waals surface area contributed by atoms with Gasteiger partial charge in [-0.15, -0.1) is 10.2 Å². The minimum Gasteiger partial charge on any atom is -0.325 e. The normalized spacial score (nSPS) is 11.2. The summed E-state index contributed by atoms with van der Waals surface area (Å²) < 4.78 is 1.97. The molecule has 7 heteroatoms. The van der Waals surface area contributed by atoms with Crippen molar-refractivity contribution >= 4 is 23.4 Å². The van der Waals surface area contributed by atoms with Crippen LogP contribution in [-0.4, -0.2) is 31.4 Å². The van der Waals surface area contributed by atoms with Crippen molar-refractivity contribution < 1.29 is 4.79 Å². The van der Waals surface area contributed by atoms with E-state index in [0.29, 0.717) is 22.8 Å². The molecule has 2 aromatic carbocycles.